The Balaban J connectivity index is 1.73. The summed E-state index contributed by atoms with van der Waals surface area (Å²) >= 11 is 0. The third-order valence-electron chi connectivity index (χ3n) is 3.29. The van der Waals surface area contributed by atoms with Crippen LogP contribution < -0.4 is 5.32 Å². The van der Waals surface area contributed by atoms with Crippen molar-refractivity contribution in [1.82, 2.24) is 10.2 Å². The predicted molar refractivity (Wildman–Crippen MR) is 72.4 cm³/mol. The SMILES string of the molecule is O=C(O)NC1CCN(C(=O)OCc2ccccc2)CC1. The maximum atomic E-state index is 11.9. The fourth-order valence-corrected chi connectivity index (χ4v) is 2.19. The average Bonchev–Trinajstić information content (AvgIpc) is 2.46. The molecule has 0 aliphatic carbocycles. The summed E-state index contributed by atoms with van der Waals surface area (Å²) in [5, 5.41) is 11.1. The van der Waals surface area contributed by atoms with Gasteiger partial charge in [-0.2, -0.15) is 0 Å². The van der Waals surface area contributed by atoms with Crippen molar-refractivity contribution >= 4 is 12.2 Å². The predicted octanol–water partition coefficient (Wildman–Crippen LogP) is 2.06. The van der Waals surface area contributed by atoms with Crippen molar-refractivity contribution in [3.63, 3.8) is 0 Å². The van der Waals surface area contributed by atoms with Crippen LogP contribution in [0.1, 0.15) is 18.4 Å². The van der Waals surface area contributed by atoms with Crippen LogP contribution in [0.25, 0.3) is 0 Å². The molecule has 20 heavy (non-hydrogen) atoms. The number of carbonyl (C=O) groups is 2. The molecule has 0 radical (unpaired) electrons. The minimum atomic E-state index is -1.02. The summed E-state index contributed by atoms with van der Waals surface area (Å²) in [4.78, 5) is 24.0. The quantitative estimate of drug-likeness (QED) is 0.887. The first kappa shape index (κ1) is 14.2. The Morgan fingerprint density at radius 3 is 2.50 bits per heavy atom. The summed E-state index contributed by atoms with van der Waals surface area (Å²) in [6.07, 6.45) is -0.128. The van der Waals surface area contributed by atoms with Gasteiger partial charge < -0.3 is 20.1 Å². The number of carboxylic acid groups (broad SMARTS) is 1. The number of amides is 2. The fourth-order valence-electron chi connectivity index (χ4n) is 2.19. The van der Waals surface area contributed by atoms with Gasteiger partial charge in [0.1, 0.15) is 6.61 Å². The number of nitrogens with one attached hydrogen (secondary N) is 1. The zero-order chi connectivity index (χ0) is 14.4. The summed E-state index contributed by atoms with van der Waals surface area (Å²) in [5.74, 6) is 0. The van der Waals surface area contributed by atoms with Crippen molar-refractivity contribution in [2.75, 3.05) is 13.1 Å². The highest BCUT2D eigenvalue weighted by Gasteiger charge is 2.24. The highest BCUT2D eigenvalue weighted by molar-refractivity contribution is 5.68. The lowest BCUT2D eigenvalue weighted by Gasteiger charge is -2.31. The molecule has 108 valence electrons. The van der Waals surface area contributed by atoms with E-state index in [-0.39, 0.29) is 18.7 Å². The topological polar surface area (TPSA) is 78.9 Å². The van der Waals surface area contributed by atoms with Gasteiger partial charge in [0.25, 0.3) is 0 Å². The van der Waals surface area contributed by atoms with Gasteiger partial charge in [0.15, 0.2) is 0 Å². The molecule has 2 amide bonds. The number of nitrogens with zero attached hydrogens (tertiary/aromatic N) is 1. The van der Waals surface area contributed by atoms with E-state index in [1.54, 1.807) is 4.90 Å². The zero-order valence-corrected chi connectivity index (χ0v) is 11.1. The van der Waals surface area contributed by atoms with Crippen LogP contribution >= 0.6 is 0 Å². The first-order chi connectivity index (χ1) is 9.65. The van der Waals surface area contributed by atoms with E-state index in [1.807, 2.05) is 30.3 Å². The van der Waals surface area contributed by atoms with Crippen LogP contribution in [-0.2, 0) is 11.3 Å². The molecular formula is C14H18N2O4. The van der Waals surface area contributed by atoms with Gasteiger partial charge in [-0.3, -0.25) is 0 Å². The van der Waals surface area contributed by atoms with Gasteiger partial charge in [-0.15, -0.1) is 0 Å². The monoisotopic (exact) mass is 278 g/mol. The van der Waals surface area contributed by atoms with E-state index in [0.717, 1.165) is 5.56 Å². The molecule has 2 rings (SSSR count). The molecule has 6 nitrogen and oxygen atoms in total. The molecule has 0 unspecified atom stereocenters. The summed E-state index contributed by atoms with van der Waals surface area (Å²) in [6.45, 7) is 1.28. The second kappa shape index (κ2) is 6.79. The minimum absolute atomic E-state index is 0.0781. The maximum Gasteiger partial charge on any atom is 0.410 e. The van der Waals surface area contributed by atoms with Crippen LogP contribution in [-0.4, -0.2) is 41.3 Å². The normalized spacial score (nSPS) is 15.7. The lowest BCUT2D eigenvalue weighted by molar-refractivity contribution is 0.0852. The number of benzene rings is 1. The summed E-state index contributed by atoms with van der Waals surface area (Å²) < 4.78 is 5.23. The van der Waals surface area contributed by atoms with Crippen LogP contribution in [0.15, 0.2) is 30.3 Å². The number of carbonyl (C=O) groups excluding carboxylic acids is 1. The number of likely N-dealkylation sites (tertiary alicyclic amines) is 1. The molecule has 1 aliphatic rings. The average molecular weight is 278 g/mol. The van der Waals surface area contributed by atoms with Gasteiger partial charge in [-0.05, 0) is 18.4 Å². The highest BCUT2D eigenvalue weighted by atomic mass is 16.6. The highest BCUT2D eigenvalue weighted by Crippen LogP contribution is 2.12. The third kappa shape index (κ3) is 4.15. The van der Waals surface area contributed by atoms with E-state index < -0.39 is 6.09 Å². The first-order valence-electron chi connectivity index (χ1n) is 6.60. The molecule has 0 spiro atoms. The Bertz CT molecular complexity index is 456. The molecule has 0 aromatic heterocycles. The molecule has 1 aromatic rings. The van der Waals surface area contributed by atoms with Crippen LogP contribution in [0.4, 0.5) is 9.59 Å². The molecule has 0 bridgehead atoms. The lowest BCUT2D eigenvalue weighted by Crippen LogP contribution is -2.46. The van der Waals surface area contributed by atoms with Crippen LogP contribution in [0.3, 0.4) is 0 Å². The van der Waals surface area contributed by atoms with Crippen LogP contribution in [0, 0.1) is 0 Å². The minimum Gasteiger partial charge on any atom is -0.465 e. The van der Waals surface area contributed by atoms with E-state index >= 15 is 0 Å². The molecular weight excluding hydrogens is 260 g/mol. The van der Waals surface area contributed by atoms with E-state index in [0.29, 0.717) is 25.9 Å². The van der Waals surface area contributed by atoms with Gasteiger partial charge in [0.2, 0.25) is 0 Å². The molecule has 0 atom stereocenters. The van der Waals surface area contributed by atoms with Gasteiger partial charge in [0.05, 0.1) is 0 Å². The van der Waals surface area contributed by atoms with E-state index in [2.05, 4.69) is 5.32 Å². The smallest absolute Gasteiger partial charge is 0.410 e. The Labute approximate surface area is 117 Å². The molecule has 0 saturated carbocycles. The number of ether oxygens (including phenoxy) is 1. The molecule has 1 heterocycles. The van der Waals surface area contributed by atoms with Gasteiger partial charge in [0, 0.05) is 19.1 Å². The number of hydrogen-bond acceptors (Lipinski definition) is 3. The van der Waals surface area contributed by atoms with Gasteiger partial charge in [-0.1, -0.05) is 30.3 Å². The van der Waals surface area contributed by atoms with Gasteiger partial charge in [-0.25, -0.2) is 9.59 Å². The lowest BCUT2D eigenvalue weighted by atomic mass is 10.1. The molecule has 1 aromatic carbocycles. The summed E-state index contributed by atoms with van der Waals surface area (Å²) in [7, 11) is 0. The van der Waals surface area contributed by atoms with E-state index in [9.17, 15) is 9.59 Å². The summed E-state index contributed by atoms with van der Waals surface area (Å²) in [6, 6.07) is 9.42. The van der Waals surface area contributed by atoms with Crippen molar-refractivity contribution < 1.29 is 19.4 Å². The van der Waals surface area contributed by atoms with Crippen LogP contribution in [0.5, 0.6) is 0 Å². The number of piperidine rings is 1. The van der Waals surface area contributed by atoms with E-state index in [1.165, 1.54) is 0 Å². The van der Waals surface area contributed by atoms with Crippen molar-refractivity contribution in [2.24, 2.45) is 0 Å². The van der Waals surface area contributed by atoms with Crippen molar-refractivity contribution in [3.8, 4) is 0 Å². The molecule has 1 aliphatic heterocycles. The third-order valence-corrected chi connectivity index (χ3v) is 3.29. The Morgan fingerprint density at radius 1 is 1.25 bits per heavy atom. The zero-order valence-electron chi connectivity index (χ0n) is 11.1. The molecule has 1 fully saturated rings. The van der Waals surface area contributed by atoms with Crippen molar-refractivity contribution in [1.29, 1.82) is 0 Å². The Morgan fingerprint density at radius 2 is 1.90 bits per heavy atom. The van der Waals surface area contributed by atoms with Crippen molar-refractivity contribution in [3.05, 3.63) is 35.9 Å². The molecule has 2 N–H and O–H groups in total. The Hall–Kier alpha value is -2.24. The first-order valence-corrected chi connectivity index (χ1v) is 6.60. The largest absolute Gasteiger partial charge is 0.465 e. The van der Waals surface area contributed by atoms with Crippen LogP contribution in [0.2, 0.25) is 0 Å². The fraction of sp³-hybridized carbons (Fsp3) is 0.429. The second-order valence-electron chi connectivity index (χ2n) is 4.75. The standard InChI is InChI=1S/C14H18N2O4/c17-13(18)15-12-6-8-16(9-7-12)14(19)20-10-11-4-2-1-3-5-11/h1-5,12,15H,6-10H2,(H,17,18). The van der Waals surface area contributed by atoms with E-state index in [4.69, 9.17) is 9.84 Å². The maximum absolute atomic E-state index is 11.9. The Kier molecular flexibility index (Phi) is 4.81. The molecule has 1 saturated heterocycles. The number of rotatable bonds is 3. The summed E-state index contributed by atoms with van der Waals surface area (Å²) in [5.41, 5.74) is 0.947. The van der Waals surface area contributed by atoms with Gasteiger partial charge >= 0.3 is 12.2 Å². The van der Waals surface area contributed by atoms with Crippen molar-refractivity contribution in [2.45, 2.75) is 25.5 Å². The number of hydrogen-bond donors (Lipinski definition) is 2. The molecule has 6 heteroatoms. The second-order valence-corrected chi connectivity index (χ2v) is 4.75.